The SMILES string of the molecule is CCCCC1(CC)CN(c2ccccc2)c2cc(Br)c(O)cc2SN1. The quantitative estimate of drug-likeness (QED) is 0.560. The van der Waals surface area contributed by atoms with Gasteiger partial charge in [-0.15, -0.1) is 0 Å². The molecule has 0 aromatic heterocycles. The summed E-state index contributed by atoms with van der Waals surface area (Å²) in [6.45, 7) is 5.41. The number of halogens is 1. The summed E-state index contributed by atoms with van der Waals surface area (Å²) in [5, 5.41) is 10.1. The highest BCUT2D eigenvalue weighted by molar-refractivity contribution is 9.10. The van der Waals surface area contributed by atoms with Crippen LogP contribution in [0.4, 0.5) is 11.4 Å². The predicted molar refractivity (Wildman–Crippen MR) is 111 cm³/mol. The number of benzene rings is 2. The van der Waals surface area contributed by atoms with Gasteiger partial charge < -0.3 is 10.0 Å². The molecule has 0 saturated heterocycles. The van der Waals surface area contributed by atoms with Crippen molar-refractivity contribution >= 4 is 39.3 Å². The summed E-state index contributed by atoms with van der Waals surface area (Å²) in [6, 6.07) is 14.4. The Hall–Kier alpha value is -1.17. The standard InChI is InChI=1S/C20H25BrN2OS/c1-3-5-11-20(4-2)14-23(15-9-7-6-8-10-15)17-12-16(21)18(24)13-19(17)25-22-20/h6-10,12-13,22,24H,3-5,11,14H2,1-2H3. The van der Waals surface area contributed by atoms with E-state index in [0.717, 1.165) is 34.4 Å². The zero-order valence-electron chi connectivity index (χ0n) is 14.8. The van der Waals surface area contributed by atoms with Gasteiger partial charge in [0, 0.05) is 17.8 Å². The van der Waals surface area contributed by atoms with Crippen molar-refractivity contribution < 1.29 is 5.11 Å². The molecule has 25 heavy (non-hydrogen) atoms. The van der Waals surface area contributed by atoms with Crippen molar-refractivity contribution in [3.05, 3.63) is 46.9 Å². The maximum Gasteiger partial charge on any atom is 0.131 e. The first-order valence-electron chi connectivity index (χ1n) is 8.87. The van der Waals surface area contributed by atoms with Crippen molar-refractivity contribution in [2.45, 2.75) is 50.0 Å². The van der Waals surface area contributed by atoms with Crippen molar-refractivity contribution in [3.8, 4) is 5.75 Å². The van der Waals surface area contributed by atoms with E-state index < -0.39 is 0 Å². The molecule has 3 rings (SSSR count). The van der Waals surface area contributed by atoms with Crippen LogP contribution < -0.4 is 9.62 Å². The van der Waals surface area contributed by atoms with Crippen LogP contribution in [-0.2, 0) is 0 Å². The molecule has 1 aliphatic heterocycles. The van der Waals surface area contributed by atoms with E-state index in [4.69, 9.17) is 0 Å². The summed E-state index contributed by atoms with van der Waals surface area (Å²) in [6.07, 6.45) is 4.59. The normalized spacial score (nSPS) is 20.2. The summed E-state index contributed by atoms with van der Waals surface area (Å²) >= 11 is 5.12. The minimum absolute atomic E-state index is 0.0393. The third kappa shape index (κ3) is 3.99. The van der Waals surface area contributed by atoms with Gasteiger partial charge in [-0.2, -0.15) is 0 Å². The highest BCUT2D eigenvalue weighted by Crippen LogP contribution is 2.44. The van der Waals surface area contributed by atoms with Crippen LogP contribution in [0.15, 0.2) is 51.8 Å². The van der Waals surface area contributed by atoms with Gasteiger partial charge in [0.2, 0.25) is 0 Å². The van der Waals surface area contributed by atoms with Crippen LogP contribution in [-0.4, -0.2) is 17.2 Å². The van der Waals surface area contributed by atoms with Crippen LogP contribution in [0.1, 0.15) is 39.5 Å². The number of nitrogens with one attached hydrogen (secondary N) is 1. The number of hydrogen-bond donors (Lipinski definition) is 2. The van der Waals surface area contributed by atoms with Crippen molar-refractivity contribution in [1.29, 1.82) is 0 Å². The zero-order valence-corrected chi connectivity index (χ0v) is 17.2. The van der Waals surface area contributed by atoms with Gasteiger partial charge in [-0.3, -0.25) is 4.72 Å². The first-order valence-corrected chi connectivity index (χ1v) is 10.5. The highest BCUT2D eigenvalue weighted by Gasteiger charge is 2.35. The van der Waals surface area contributed by atoms with Gasteiger partial charge in [0.15, 0.2) is 0 Å². The summed E-state index contributed by atoms with van der Waals surface area (Å²) < 4.78 is 4.46. The van der Waals surface area contributed by atoms with E-state index in [-0.39, 0.29) is 11.3 Å². The first kappa shape index (κ1) is 18.6. The molecule has 3 nitrogen and oxygen atoms in total. The fraction of sp³-hybridized carbons (Fsp3) is 0.400. The smallest absolute Gasteiger partial charge is 0.131 e. The van der Waals surface area contributed by atoms with E-state index in [1.165, 1.54) is 18.5 Å². The summed E-state index contributed by atoms with van der Waals surface area (Å²) in [5.74, 6) is 0.276. The molecule has 0 amide bonds. The third-order valence-electron chi connectivity index (χ3n) is 4.91. The number of unbranched alkanes of at least 4 members (excludes halogenated alkanes) is 1. The number of rotatable bonds is 5. The molecule has 0 saturated carbocycles. The minimum Gasteiger partial charge on any atom is -0.507 e. The lowest BCUT2D eigenvalue weighted by molar-refractivity contribution is 0.351. The summed E-state index contributed by atoms with van der Waals surface area (Å²) in [5.41, 5.74) is 2.35. The van der Waals surface area contributed by atoms with Crippen LogP contribution in [0.3, 0.4) is 0 Å². The van der Waals surface area contributed by atoms with Gasteiger partial charge in [0.1, 0.15) is 5.75 Å². The van der Waals surface area contributed by atoms with Crippen molar-refractivity contribution in [3.63, 3.8) is 0 Å². The monoisotopic (exact) mass is 420 g/mol. The molecule has 0 aliphatic carbocycles. The summed E-state index contributed by atoms with van der Waals surface area (Å²) in [7, 11) is 0. The van der Waals surface area contributed by atoms with Gasteiger partial charge in [-0.05, 0) is 65.0 Å². The molecule has 0 bridgehead atoms. The Kier molecular flexibility index (Phi) is 5.97. The number of phenols is 1. The number of para-hydroxylation sites is 1. The molecular weight excluding hydrogens is 396 g/mol. The van der Waals surface area contributed by atoms with Crippen LogP contribution >= 0.6 is 27.9 Å². The molecular formula is C20H25BrN2OS. The largest absolute Gasteiger partial charge is 0.507 e. The van der Waals surface area contributed by atoms with Gasteiger partial charge in [-0.1, -0.05) is 44.9 Å². The number of phenolic OH excluding ortho intramolecular Hbond substituents is 1. The molecule has 1 aliphatic rings. The second-order valence-electron chi connectivity index (χ2n) is 6.63. The van der Waals surface area contributed by atoms with Crippen LogP contribution in [0.2, 0.25) is 0 Å². The fourth-order valence-electron chi connectivity index (χ4n) is 3.25. The predicted octanol–water partition coefficient (Wildman–Crippen LogP) is 6.24. The fourth-order valence-corrected chi connectivity index (χ4v) is 4.67. The number of hydrogen-bond acceptors (Lipinski definition) is 4. The molecule has 2 N–H and O–H groups in total. The van der Waals surface area contributed by atoms with Gasteiger partial charge >= 0.3 is 0 Å². The Balaban J connectivity index is 2.08. The Morgan fingerprint density at radius 1 is 1.24 bits per heavy atom. The number of anilines is 2. The lowest BCUT2D eigenvalue weighted by Crippen LogP contribution is -2.48. The maximum atomic E-state index is 10.1. The molecule has 2 aromatic rings. The van der Waals surface area contributed by atoms with Crippen molar-refractivity contribution in [2.75, 3.05) is 11.4 Å². The number of fused-ring (bicyclic) bond motifs is 1. The second-order valence-corrected chi connectivity index (χ2v) is 8.34. The Morgan fingerprint density at radius 3 is 2.68 bits per heavy atom. The van der Waals surface area contributed by atoms with Crippen molar-refractivity contribution in [2.24, 2.45) is 0 Å². The molecule has 5 heteroatoms. The number of nitrogens with zero attached hydrogens (tertiary/aromatic N) is 1. The van der Waals surface area contributed by atoms with E-state index in [1.807, 2.05) is 18.2 Å². The molecule has 1 unspecified atom stereocenters. The van der Waals surface area contributed by atoms with Crippen LogP contribution in [0.25, 0.3) is 0 Å². The average Bonchev–Trinajstić information content (AvgIpc) is 2.79. The summed E-state index contributed by atoms with van der Waals surface area (Å²) in [4.78, 5) is 3.43. The molecule has 1 heterocycles. The Bertz CT molecular complexity index is 725. The molecule has 1 atom stereocenters. The second kappa shape index (κ2) is 8.02. The number of aromatic hydroxyl groups is 1. The van der Waals surface area contributed by atoms with E-state index in [2.05, 4.69) is 63.7 Å². The maximum absolute atomic E-state index is 10.1. The first-order chi connectivity index (χ1) is 12.1. The van der Waals surface area contributed by atoms with E-state index >= 15 is 0 Å². The molecule has 134 valence electrons. The average molecular weight is 421 g/mol. The molecule has 0 radical (unpaired) electrons. The lowest BCUT2D eigenvalue weighted by Gasteiger charge is -2.37. The molecule has 0 fully saturated rings. The van der Waals surface area contributed by atoms with Gasteiger partial charge in [0.05, 0.1) is 15.1 Å². The van der Waals surface area contributed by atoms with Gasteiger partial charge in [0.25, 0.3) is 0 Å². The third-order valence-corrected chi connectivity index (χ3v) is 6.63. The topological polar surface area (TPSA) is 35.5 Å². The van der Waals surface area contributed by atoms with Gasteiger partial charge in [-0.25, -0.2) is 0 Å². The molecule has 0 spiro atoms. The Morgan fingerprint density at radius 2 is 2.00 bits per heavy atom. The Labute approximate surface area is 163 Å². The minimum atomic E-state index is 0.0393. The van der Waals surface area contributed by atoms with Crippen molar-refractivity contribution in [1.82, 2.24) is 4.72 Å². The van der Waals surface area contributed by atoms with Crippen LogP contribution in [0.5, 0.6) is 5.75 Å². The molecule has 2 aromatic carbocycles. The van der Waals surface area contributed by atoms with E-state index in [1.54, 1.807) is 11.9 Å². The van der Waals surface area contributed by atoms with Crippen LogP contribution in [0, 0.1) is 0 Å². The highest BCUT2D eigenvalue weighted by atomic mass is 79.9. The van der Waals surface area contributed by atoms with E-state index in [0.29, 0.717) is 0 Å². The van der Waals surface area contributed by atoms with E-state index in [9.17, 15) is 5.11 Å². The lowest BCUT2D eigenvalue weighted by atomic mass is 9.90. The zero-order chi connectivity index (χ0) is 17.9.